The van der Waals surface area contributed by atoms with E-state index in [1.807, 2.05) is 19.1 Å². The predicted molar refractivity (Wildman–Crippen MR) is 77.7 cm³/mol. The molecule has 1 aliphatic heterocycles. The number of fused-ring (bicyclic) bond motifs is 1. The Hall–Kier alpha value is -1.75. The Morgan fingerprint density at radius 3 is 2.76 bits per heavy atom. The number of carbonyl (C=O) groups is 1. The summed E-state index contributed by atoms with van der Waals surface area (Å²) in [6, 6.07) is 3.75. The summed E-state index contributed by atoms with van der Waals surface area (Å²) < 4.78 is 16.2. The highest BCUT2D eigenvalue weighted by Gasteiger charge is 2.33. The van der Waals surface area contributed by atoms with E-state index in [9.17, 15) is 4.79 Å². The number of carbonyl (C=O) groups excluding carboxylic acids is 1. The highest BCUT2D eigenvalue weighted by atomic mass is 16.5. The van der Waals surface area contributed by atoms with Gasteiger partial charge in [0.1, 0.15) is 23.6 Å². The number of rotatable bonds is 5. The zero-order valence-electron chi connectivity index (χ0n) is 12.6. The first-order valence-electron chi connectivity index (χ1n) is 7.33. The lowest BCUT2D eigenvalue weighted by Gasteiger charge is -2.20. The fraction of sp³-hybridized carbons (Fsp3) is 0.562. The summed E-state index contributed by atoms with van der Waals surface area (Å²) in [7, 11) is 3.03. The van der Waals surface area contributed by atoms with Crippen LogP contribution in [0.15, 0.2) is 12.1 Å². The van der Waals surface area contributed by atoms with E-state index < -0.39 is 6.04 Å². The smallest absolute Gasteiger partial charge is 0.327 e. The molecule has 1 saturated carbocycles. The lowest BCUT2D eigenvalue weighted by atomic mass is 10.0. The van der Waals surface area contributed by atoms with Gasteiger partial charge in [0.15, 0.2) is 0 Å². The molecular formula is C16H21NO4. The molecule has 2 unspecified atom stereocenters. The largest absolute Gasteiger partial charge is 0.496 e. The molecular weight excluding hydrogens is 270 g/mol. The molecule has 1 fully saturated rings. The van der Waals surface area contributed by atoms with Crippen LogP contribution in [0.2, 0.25) is 0 Å². The van der Waals surface area contributed by atoms with E-state index in [1.165, 1.54) is 7.11 Å². The monoisotopic (exact) mass is 291 g/mol. The summed E-state index contributed by atoms with van der Waals surface area (Å²) in [5.41, 5.74) is 1.90. The molecule has 2 aliphatic rings. The van der Waals surface area contributed by atoms with Gasteiger partial charge in [-0.1, -0.05) is 0 Å². The van der Waals surface area contributed by atoms with Crippen molar-refractivity contribution in [3.8, 4) is 11.5 Å². The Bertz CT molecular complexity index is 553. The third kappa shape index (κ3) is 2.83. The van der Waals surface area contributed by atoms with Crippen molar-refractivity contribution < 1.29 is 19.0 Å². The number of benzene rings is 1. The highest BCUT2D eigenvalue weighted by molar-refractivity contribution is 5.79. The van der Waals surface area contributed by atoms with E-state index in [-0.39, 0.29) is 12.1 Å². The fourth-order valence-corrected chi connectivity index (χ4v) is 2.75. The topological polar surface area (TPSA) is 56.8 Å². The predicted octanol–water partition coefficient (Wildman–Crippen LogP) is 1.98. The van der Waals surface area contributed by atoms with Crippen molar-refractivity contribution in [1.82, 2.24) is 5.32 Å². The third-order valence-electron chi connectivity index (χ3n) is 3.98. The summed E-state index contributed by atoms with van der Waals surface area (Å²) in [5, 5.41) is 3.32. The van der Waals surface area contributed by atoms with Crippen LogP contribution in [0.1, 0.15) is 36.9 Å². The molecule has 3 rings (SSSR count). The maximum atomic E-state index is 12.1. The molecule has 1 aliphatic carbocycles. The van der Waals surface area contributed by atoms with Gasteiger partial charge in [-0.15, -0.1) is 0 Å². The van der Waals surface area contributed by atoms with E-state index >= 15 is 0 Å². The average molecular weight is 291 g/mol. The Morgan fingerprint density at radius 1 is 1.38 bits per heavy atom. The number of nitrogens with one attached hydrogen (secondary N) is 1. The number of ether oxygens (including phenoxy) is 3. The van der Waals surface area contributed by atoms with Gasteiger partial charge in [-0.05, 0) is 31.9 Å². The Labute approximate surface area is 124 Å². The summed E-state index contributed by atoms with van der Waals surface area (Å²) in [5.74, 6) is 1.24. The fourth-order valence-electron chi connectivity index (χ4n) is 2.75. The summed E-state index contributed by atoms with van der Waals surface area (Å²) in [4.78, 5) is 12.1. The molecule has 21 heavy (non-hydrogen) atoms. The number of hydrogen-bond acceptors (Lipinski definition) is 5. The van der Waals surface area contributed by atoms with E-state index in [2.05, 4.69) is 5.32 Å². The minimum Gasteiger partial charge on any atom is -0.496 e. The van der Waals surface area contributed by atoms with Crippen molar-refractivity contribution in [2.45, 2.75) is 44.4 Å². The molecule has 1 aromatic carbocycles. The molecule has 5 heteroatoms. The lowest BCUT2D eigenvalue weighted by molar-refractivity contribution is -0.143. The second kappa shape index (κ2) is 5.56. The highest BCUT2D eigenvalue weighted by Crippen LogP contribution is 2.38. The quantitative estimate of drug-likeness (QED) is 0.841. The van der Waals surface area contributed by atoms with Crippen molar-refractivity contribution >= 4 is 5.97 Å². The minimum atomic E-state index is -0.512. The van der Waals surface area contributed by atoms with Crippen LogP contribution in [-0.2, 0) is 16.0 Å². The van der Waals surface area contributed by atoms with E-state index in [0.29, 0.717) is 11.8 Å². The second-order valence-corrected chi connectivity index (χ2v) is 5.73. The standard InChI is InChI=1S/C16H21NO4/c1-9-6-10-7-14(19-2)12(8-13(10)21-9)15(16(18)20-3)17-11-4-5-11/h7-9,11,15,17H,4-6H2,1-3H3. The molecule has 5 nitrogen and oxygen atoms in total. The third-order valence-corrected chi connectivity index (χ3v) is 3.98. The van der Waals surface area contributed by atoms with Gasteiger partial charge in [0.25, 0.3) is 0 Å². The Balaban J connectivity index is 1.97. The summed E-state index contributed by atoms with van der Waals surface area (Å²) in [6.45, 7) is 2.03. The molecule has 1 aromatic rings. The molecule has 0 amide bonds. The number of methoxy groups -OCH3 is 2. The van der Waals surface area contributed by atoms with Crippen molar-refractivity contribution in [2.75, 3.05) is 14.2 Å². The zero-order valence-corrected chi connectivity index (χ0v) is 12.6. The van der Waals surface area contributed by atoms with E-state index in [4.69, 9.17) is 14.2 Å². The van der Waals surface area contributed by atoms with Crippen LogP contribution in [0.3, 0.4) is 0 Å². The van der Waals surface area contributed by atoms with Gasteiger partial charge in [-0.2, -0.15) is 0 Å². The van der Waals surface area contributed by atoms with Crippen LogP contribution in [-0.4, -0.2) is 32.3 Å². The summed E-state index contributed by atoms with van der Waals surface area (Å²) in [6.07, 6.45) is 3.21. The molecule has 0 spiro atoms. The molecule has 0 saturated heterocycles. The SMILES string of the molecule is COC(=O)C(NC1CC1)c1cc2c(cc1OC)CC(C)O2. The maximum absolute atomic E-state index is 12.1. The summed E-state index contributed by atoms with van der Waals surface area (Å²) >= 11 is 0. The van der Waals surface area contributed by atoms with Gasteiger partial charge in [0, 0.05) is 23.6 Å². The van der Waals surface area contributed by atoms with Crippen molar-refractivity contribution in [3.05, 3.63) is 23.3 Å². The van der Waals surface area contributed by atoms with Crippen LogP contribution in [0.4, 0.5) is 0 Å². The van der Waals surface area contributed by atoms with Gasteiger partial charge in [-0.3, -0.25) is 5.32 Å². The van der Waals surface area contributed by atoms with Gasteiger partial charge in [-0.25, -0.2) is 4.79 Å². The molecule has 0 bridgehead atoms. The molecule has 2 atom stereocenters. The van der Waals surface area contributed by atoms with Gasteiger partial charge in [0.05, 0.1) is 14.2 Å². The van der Waals surface area contributed by atoms with Crippen molar-refractivity contribution in [2.24, 2.45) is 0 Å². The molecule has 1 N–H and O–H groups in total. The lowest BCUT2D eigenvalue weighted by Crippen LogP contribution is -2.31. The normalized spacial score (nSPS) is 21.4. The minimum absolute atomic E-state index is 0.160. The molecule has 1 heterocycles. The average Bonchev–Trinajstić information content (AvgIpc) is 3.22. The first-order chi connectivity index (χ1) is 10.1. The van der Waals surface area contributed by atoms with Gasteiger partial charge >= 0.3 is 5.97 Å². The van der Waals surface area contributed by atoms with E-state index in [0.717, 1.165) is 36.1 Å². The van der Waals surface area contributed by atoms with E-state index in [1.54, 1.807) is 7.11 Å². The van der Waals surface area contributed by atoms with Crippen LogP contribution < -0.4 is 14.8 Å². The van der Waals surface area contributed by atoms with Gasteiger partial charge in [0.2, 0.25) is 0 Å². The molecule has 0 aromatic heterocycles. The molecule has 114 valence electrons. The Kier molecular flexibility index (Phi) is 3.76. The second-order valence-electron chi connectivity index (χ2n) is 5.73. The first kappa shape index (κ1) is 14.2. The zero-order chi connectivity index (χ0) is 15.0. The van der Waals surface area contributed by atoms with Crippen LogP contribution in [0.25, 0.3) is 0 Å². The number of hydrogen-bond donors (Lipinski definition) is 1. The maximum Gasteiger partial charge on any atom is 0.327 e. The number of esters is 1. The van der Waals surface area contributed by atoms with Crippen LogP contribution in [0, 0.1) is 0 Å². The van der Waals surface area contributed by atoms with Gasteiger partial charge < -0.3 is 14.2 Å². The Morgan fingerprint density at radius 2 is 2.14 bits per heavy atom. The van der Waals surface area contributed by atoms with Crippen LogP contribution >= 0.6 is 0 Å². The van der Waals surface area contributed by atoms with Crippen LogP contribution in [0.5, 0.6) is 11.5 Å². The molecule has 0 radical (unpaired) electrons. The first-order valence-corrected chi connectivity index (χ1v) is 7.33. The van der Waals surface area contributed by atoms with Crippen molar-refractivity contribution in [1.29, 1.82) is 0 Å². The van der Waals surface area contributed by atoms with Crippen molar-refractivity contribution in [3.63, 3.8) is 0 Å².